The van der Waals surface area contributed by atoms with E-state index in [9.17, 15) is 4.79 Å². The SMILES string of the molecule is CCCC(C)(CC)C(=O)OOC(C)(C)C. The van der Waals surface area contributed by atoms with Crippen LogP contribution in [0.5, 0.6) is 0 Å². The zero-order valence-corrected chi connectivity index (χ0v) is 10.8. The van der Waals surface area contributed by atoms with Crippen LogP contribution in [0.15, 0.2) is 0 Å². The van der Waals surface area contributed by atoms with Gasteiger partial charge >= 0.3 is 5.97 Å². The molecule has 0 aromatic heterocycles. The maximum atomic E-state index is 11.8. The molecule has 0 rings (SSSR count). The van der Waals surface area contributed by atoms with E-state index in [-0.39, 0.29) is 5.97 Å². The van der Waals surface area contributed by atoms with Gasteiger partial charge in [-0.25, -0.2) is 4.79 Å². The Balaban J connectivity index is 4.28. The van der Waals surface area contributed by atoms with Gasteiger partial charge in [0.1, 0.15) is 5.60 Å². The van der Waals surface area contributed by atoms with E-state index in [2.05, 4.69) is 6.92 Å². The first-order valence-corrected chi connectivity index (χ1v) is 5.65. The Morgan fingerprint density at radius 3 is 2.00 bits per heavy atom. The van der Waals surface area contributed by atoms with Crippen molar-refractivity contribution in [3.8, 4) is 0 Å². The van der Waals surface area contributed by atoms with Crippen molar-refractivity contribution in [3.05, 3.63) is 0 Å². The normalized spacial score (nSPS) is 15.9. The highest BCUT2D eigenvalue weighted by atomic mass is 17.2. The third-order valence-corrected chi connectivity index (χ3v) is 2.44. The Labute approximate surface area is 93.1 Å². The summed E-state index contributed by atoms with van der Waals surface area (Å²) >= 11 is 0. The van der Waals surface area contributed by atoms with Crippen LogP contribution in [0, 0.1) is 5.41 Å². The second-order valence-electron chi connectivity index (χ2n) is 5.23. The molecule has 0 aliphatic carbocycles. The fraction of sp³-hybridized carbons (Fsp3) is 0.917. The second-order valence-corrected chi connectivity index (χ2v) is 5.23. The Morgan fingerprint density at radius 2 is 1.67 bits per heavy atom. The minimum atomic E-state index is -0.448. The summed E-state index contributed by atoms with van der Waals surface area (Å²) < 4.78 is 0. The molecule has 0 aromatic rings. The van der Waals surface area contributed by atoms with E-state index in [1.54, 1.807) is 0 Å². The summed E-state index contributed by atoms with van der Waals surface area (Å²) in [6, 6.07) is 0. The van der Waals surface area contributed by atoms with Crippen molar-refractivity contribution in [3.63, 3.8) is 0 Å². The van der Waals surface area contributed by atoms with Crippen molar-refractivity contribution in [1.29, 1.82) is 0 Å². The molecule has 90 valence electrons. The van der Waals surface area contributed by atoms with Crippen molar-refractivity contribution in [2.75, 3.05) is 0 Å². The second kappa shape index (κ2) is 5.50. The van der Waals surface area contributed by atoms with Gasteiger partial charge in [0, 0.05) is 0 Å². The lowest BCUT2D eigenvalue weighted by Crippen LogP contribution is -2.32. The van der Waals surface area contributed by atoms with Crippen LogP contribution in [-0.2, 0) is 14.6 Å². The molecule has 0 aromatic carbocycles. The first-order chi connectivity index (χ1) is 6.75. The van der Waals surface area contributed by atoms with Gasteiger partial charge in [0.25, 0.3) is 0 Å². The van der Waals surface area contributed by atoms with E-state index in [0.717, 1.165) is 19.3 Å². The molecule has 1 unspecified atom stereocenters. The molecule has 0 saturated carbocycles. The van der Waals surface area contributed by atoms with E-state index in [0.29, 0.717) is 0 Å². The van der Waals surface area contributed by atoms with Gasteiger partial charge in [0.2, 0.25) is 0 Å². The van der Waals surface area contributed by atoms with Crippen LogP contribution in [-0.4, -0.2) is 11.6 Å². The van der Waals surface area contributed by atoms with Gasteiger partial charge in [-0.2, -0.15) is 4.89 Å². The third kappa shape index (κ3) is 5.17. The van der Waals surface area contributed by atoms with E-state index in [1.165, 1.54) is 0 Å². The molecule has 3 nitrogen and oxygen atoms in total. The van der Waals surface area contributed by atoms with Crippen LogP contribution < -0.4 is 0 Å². The van der Waals surface area contributed by atoms with Crippen LogP contribution in [0.25, 0.3) is 0 Å². The summed E-state index contributed by atoms with van der Waals surface area (Å²) in [4.78, 5) is 21.7. The molecule has 0 radical (unpaired) electrons. The molecular weight excluding hydrogens is 192 g/mol. The molecule has 0 bridgehead atoms. The fourth-order valence-electron chi connectivity index (χ4n) is 1.24. The van der Waals surface area contributed by atoms with Crippen LogP contribution in [0.1, 0.15) is 60.8 Å². The fourth-order valence-corrected chi connectivity index (χ4v) is 1.24. The van der Waals surface area contributed by atoms with Crippen molar-refractivity contribution in [1.82, 2.24) is 0 Å². The highest BCUT2D eigenvalue weighted by molar-refractivity contribution is 5.75. The summed E-state index contributed by atoms with van der Waals surface area (Å²) in [6.07, 6.45) is 2.57. The standard InChI is InChI=1S/C12H24O3/c1-7-9-12(6,8-2)10(13)14-15-11(3,4)5/h7-9H2,1-6H3. The summed E-state index contributed by atoms with van der Waals surface area (Å²) in [5, 5.41) is 0. The molecule has 0 N–H and O–H groups in total. The summed E-state index contributed by atoms with van der Waals surface area (Å²) in [5.41, 5.74) is -0.865. The Bertz CT molecular complexity index is 205. The lowest BCUT2D eigenvalue weighted by molar-refractivity contribution is -0.326. The highest BCUT2D eigenvalue weighted by Gasteiger charge is 2.33. The van der Waals surface area contributed by atoms with Gasteiger partial charge in [-0.3, -0.25) is 4.89 Å². The lowest BCUT2D eigenvalue weighted by Gasteiger charge is -2.26. The number of carbonyl (C=O) groups excluding carboxylic acids is 1. The van der Waals surface area contributed by atoms with Gasteiger partial charge in [0.05, 0.1) is 5.41 Å². The predicted octanol–water partition coefficient (Wildman–Crippen LogP) is 3.48. The van der Waals surface area contributed by atoms with Crippen LogP contribution in [0.3, 0.4) is 0 Å². The largest absolute Gasteiger partial charge is 0.348 e. The predicted molar refractivity (Wildman–Crippen MR) is 60.2 cm³/mol. The number of carbonyl (C=O) groups is 1. The molecule has 0 aliphatic rings. The number of rotatable bonds is 5. The van der Waals surface area contributed by atoms with Crippen molar-refractivity contribution in [2.45, 2.75) is 66.4 Å². The zero-order chi connectivity index (χ0) is 12.1. The molecule has 0 aliphatic heterocycles. The first-order valence-electron chi connectivity index (χ1n) is 5.65. The minimum absolute atomic E-state index is 0.262. The van der Waals surface area contributed by atoms with E-state index < -0.39 is 11.0 Å². The topological polar surface area (TPSA) is 35.5 Å². The number of hydrogen-bond donors (Lipinski definition) is 0. The maximum Gasteiger partial charge on any atom is 0.348 e. The van der Waals surface area contributed by atoms with Crippen LogP contribution in [0.4, 0.5) is 0 Å². The van der Waals surface area contributed by atoms with Gasteiger partial charge in [-0.1, -0.05) is 20.3 Å². The van der Waals surface area contributed by atoms with Crippen LogP contribution in [0.2, 0.25) is 0 Å². The van der Waals surface area contributed by atoms with Crippen molar-refractivity contribution in [2.24, 2.45) is 5.41 Å². The quantitative estimate of drug-likeness (QED) is 0.521. The van der Waals surface area contributed by atoms with Crippen molar-refractivity contribution >= 4 is 5.97 Å². The maximum absolute atomic E-state index is 11.8. The van der Waals surface area contributed by atoms with Gasteiger partial charge < -0.3 is 0 Å². The molecule has 15 heavy (non-hydrogen) atoms. The minimum Gasteiger partial charge on any atom is -0.297 e. The monoisotopic (exact) mass is 216 g/mol. The van der Waals surface area contributed by atoms with Crippen LogP contribution >= 0.6 is 0 Å². The van der Waals surface area contributed by atoms with Gasteiger partial charge in [-0.05, 0) is 40.5 Å². The smallest absolute Gasteiger partial charge is 0.297 e. The molecular formula is C12H24O3. The van der Waals surface area contributed by atoms with Gasteiger partial charge in [-0.15, -0.1) is 0 Å². The average molecular weight is 216 g/mol. The molecule has 3 heteroatoms. The van der Waals surface area contributed by atoms with Gasteiger partial charge in [0.15, 0.2) is 0 Å². The Morgan fingerprint density at radius 1 is 1.13 bits per heavy atom. The average Bonchev–Trinajstić information content (AvgIpc) is 2.13. The Hall–Kier alpha value is -0.570. The first kappa shape index (κ1) is 14.4. The van der Waals surface area contributed by atoms with E-state index in [1.807, 2.05) is 34.6 Å². The summed E-state index contributed by atoms with van der Waals surface area (Å²) in [7, 11) is 0. The molecule has 0 amide bonds. The lowest BCUT2D eigenvalue weighted by atomic mass is 9.83. The molecule has 0 spiro atoms. The molecule has 1 atom stereocenters. The number of hydrogen-bond acceptors (Lipinski definition) is 3. The zero-order valence-electron chi connectivity index (χ0n) is 10.8. The van der Waals surface area contributed by atoms with E-state index >= 15 is 0 Å². The molecule has 0 saturated heterocycles. The molecule has 0 fully saturated rings. The van der Waals surface area contributed by atoms with E-state index in [4.69, 9.17) is 9.78 Å². The highest BCUT2D eigenvalue weighted by Crippen LogP contribution is 2.29. The van der Waals surface area contributed by atoms with Crippen molar-refractivity contribution < 1.29 is 14.6 Å². The summed E-state index contributed by atoms with van der Waals surface area (Å²) in [5.74, 6) is -0.262. The summed E-state index contributed by atoms with van der Waals surface area (Å²) in [6.45, 7) is 11.5. The molecule has 0 heterocycles. The third-order valence-electron chi connectivity index (χ3n) is 2.44. The Kier molecular flexibility index (Phi) is 5.29.